The van der Waals surface area contributed by atoms with E-state index in [9.17, 15) is 9.59 Å². The van der Waals surface area contributed by atoms with Gasteiger partial charge in [-0.1, -0.05) is 0 Å². The van der Waals surface area contributed by atoms with Crippen molar-refractivity contribution in [3.05, 3.63) is 0 Å². The first-order chi connectivity index (χ1) is 4.18. The Balaban J connectivity index is 3.55. The van der Waals surface area contributed by atoms with Crippen molar-refractivity contribution in [2.45, 2.75) is 12.8 Å². The van der Waals surface area contributed by atoms with Crippen molar-refractivity contribution in [3.8, 4) is 12.3 Å². The lowest BCUT2D eigenvalue weighted by Gasteiger charge is -1.85. The maximum absolute atomic E-state index is 10.2. The van der Waals surface area contributed by atoms with Crippen molar-refractivity contribution < 1.29 is 14.7 Å². The number of carboxylic acid groups (broad SMARTS) is 1. The molecule has 0 heterocycles. The number of rotatable bonds is 3. The zero-order valence-electron chi connectivity index (χ0n) is 4.76. The topological polar surface area (TPSA) is 54.4 Å². The highest BCUT2D eigenvalue weighted by Gasteiger charge is 2.08. The molecule has 0 aromatic heterocycles. The van der Waals surface area contributed by atoms with Gasteiger partial charge in [-0.3, -0.25) is 4.79 Å². The summed E-state index contributed by atoms with van der Waals surface area (Å²) in [5.41, 5.74) is 0. The molecule has 0 aliphatic rings. The van der Waals surface area contributed by atoms with Gasteiger partial charge in [-0.2, -0.15) is 0 Å². The van der Waals surface area contributed by atoms with Crippen LogP contribution in [0.25, 0.3) is 0 Å². The van der Waals surface area contributed by atoms with E-state index in [0.29, 0.717) is 0 Å². The molecule has 0 rings (SSSR count). The van der Waals surface area contributed by atoms with Gasteiger partial charge < -0.3 is 5.11 Å². The van der Waals surface area contributed by atoms with Crippen molar-refractivity contribution >= 4 is 11.8 Å². The molecule has 1 N–H and O–H groups in total. The Morgan fingerprint density at radius 2 is 2.11 bits per heavy atom. The second-order valence-corrected chi connectivity index (χ2v) is 1.43. The molecule has 9 heavy (non-hydrogen) atoms. The molecule has 0 unspecified atom stereocenters. The van der Waals surface area contributed by atoms with Crippen molar-refractivity contribution in [2.24, 2.45) is 0 Å². The van der Waals surface area contributed by atoms with Gasteiger partial charge in [-0.25, -0.2) is 4.79 Å². The van der Waals surface area contributed by atoms with E-state index < -0.39 is 11.8 Å². The van der Waals surface area contributed by atoms with E-state index in [1.165, 1.54) is 0 Å². The second kappa shape index (κ2) is 3.67. The van der Waals surface area contributed by atoms with Gasteiger partial charge in [0.2, 0.25) is 5.78 Å². The Morgan fingerprint density at radius 1 is 1.56 bits per heavy atom. The minimum atomic E-state index is -1.41. The third kappa shape index (κ3) is 3.30. The lowest BCUT2D eigenvalue weighted by Crippen LogP contribution is -2.11. The number of terminal acetylenes is 1. The number of ketones is 1. The standard InChI is InChI=1S/C6H6O3/c1-2-3-4-5(7)6(8)9/h1H,3-4H2,(H,8,9). The first-order valence-electron chi connectivity index (χ1n) is 2.38. The Morgan fingerprint density at radius 3 is 2.44 bits per heavy atom. The molecule has 0 fully saturated rings. The number of carbonyl (C=O) groups excluding carboxylic acids is 1. The van der Waals surface area contributed by atoms with E-state index in [1.54, 1.807) is 0 Å². The summed E-state index contributed by atoms with van der Waals surface area (Å²) in [6.07, 6.45) is 4.92. The molecule has 0 atom stereocenters. The van der Waals surface area contributed by atoms with Gasteiger partial charge in [0.15, 0.2) is 0 Å². The Kier molecular flexibility index (Phi) is 3.14. The van der Waals surface area contributed by atoms with E-state index in [4.69, 9.17) is 11.5 Å². The molecule has 0 aliphatic heterocycles. The molecule has 0 spiro atoms. The van der Waals surface area contributed by atoms with Gasteiger partial charge >= 0.3 is 5.97 Å². The van der Waals surface area contributed by atoms with Crippen LogP contribution < -0.4 is 0 Å². The van der Waals surface area contributed by atoms with Gasteiger partial charge in [0, 0.05) is 12.8 Å². The fourth-order valence-corrected chi connectivity index (χ4v) is 0.293. The normalized spacial score (nSPS) is 7.89. The van der Waals surface area contributed by atoms with Crippen LogP contribution >= 0.6 is 0 Å². The number of Topliss-reactive ketones (excluding diaryl/α,β-unsaturated/α-hetero) is 1. The molecule has 0 radical (unpaired) electrons. The van der Waals surface area contributed by atoms with Crippen LogP contribution in [0, 0.1) is 12.3 Å². The molecule has 0 aromatic rings. The van der Waals surface area contributed by atoms with Crippen LogP contribution in [0.2, 0.25) is 0 Å². The quantitative estimate of drug-likeness (QED) is 0.429. The average molecular weight is 126 g/mol. The molecular formula is C6H6O3. The third-order valence-electron chi connectivity index (χ3n) is 0.735. The van der Waals surface area contributed by atoms with E-state index in [0.717, 1.165) is 0 Å². The average Bonchev–Trinajstić information content (AvgIpc) is 1.82. The first-order valence-corrected chi connectivity index (χ1v) is 2.38. The molecule has 0 saturated heterocycles. The van der Waals surface area contributed by atoms with Crippen LogP contribution in [0.3, 0.4) is 0 Å². The number of hydrogen-bond acceptors (Lipinski definition) is 2. The van der Waals surface area contributed by atoms with Crippen LogP contribution in [-0.2, 0) is 9.59 Å². The minimum absolute atomic E-state index is 0.0637. The Labute approximate surface area is 52.7 Å². The molecule has 0 amide bonds. The van der Waals surface area contributed by atoms with Gasteiger partial charge in [-0.05, 0) is 0 Å². The summed E-state index contributed by atoms with van der Waals surface area (Å²) < 4.78 is 0. The highest BCUT2D eigenvalue weighted by molar-refractivity contribution is 6.32. The molecular weight excluding hydrogens is 120 g/mol. The maximum Gasteiger partial charge on any atom is 0.372 e. The van der Waals surface area contributed by atoms with Crippen LogP contribution in [0.15, 0.2) is 0 Å². The summed E-state index contributed by atoms with van der Waals surface area (Å²) in [7, 11) is 0. The Hall–Kier alpha value is -1.30. The van der Waals surface area contributed by atoms with Gasteiger partial charge in [0.1, 0.15) is 0 Å². The number of carboxylic acids is 1. The SMILES string of the molecule is C#CCCC(=O)C(=O)O. The highest BCUT2D eigenvalue weighted by Crippen LogP contribution is 1.87. The summed E-state index contributed by atoms with van der Waals surface area (Å²) in [6, 6.07) is 0. The van der Waals surface area contributed by atoms with Crippen LogP contribution in [-0.4, -0.2) is 16.9 Å². The van der Waals surface area contributed by atoms with E-state index in [1.807, 2.05) is 0 Å². The summed E-state index contributed by atoms with van der Waals surface area (Å²) in [6.45, 7) is 0. The van der Waals surface area contributed by atoms with E-state index in [-0.39, 0.29) is 12.8 Å². The van der Waals surface area contributed by atoms with Gasteiger partial charge in [0.25, 0.3) is 0 Å². The lowest BCUT2D eigenvalue weighted by molar-refractivity contribution is -0.149. The van der Waals surface area contributed by atoms with Crippen molar-refractivity contribution in [1.82, 2.24) is 0 Å². The van der Waals surface area contributed by atoms with Crippen LogP contribution in [0.1, 0.15) is 12.8 Å². The predicted molar refractivity (Wildman–Crippen MR) is 30.7 cm³/mol. The molecule has 3 nitrogen and oxygen atoms in total. The summed E-state index contributed by atoms with van der Waals surface area (Å²) in [5.74, 6) is -0.0685. The monoisotopic (exact) mass is 126 g/mol. The van der Waals surface area contributed by atoms with Gasteiger partial charge in [-0.15, -0.1) is 12.3 Å². The molecule has 0 bridgehead atoms. The summed E-state index contributed by atoms with van der Waals surface area (Å²) in [5, 5.41) is 7.99. The lowest BCUT2D eigenvalue weighted by atomic mass is 10.2. The maximum atomic E-state index is 10.2. The molecule has 0 aliphatic carbocycles. The highest BCUT2D eigenvalue weighted by atomic mass is 16.4. The summed E-state index contributed by atoms with van der Waals surface area (Å²) >= 11 is 0. The molecule has 48 valence electrons. The zero-order valence-corrected chi connectivity index (χ0v) is 4.76. The van der Waals surface area contributed by atoms with Crippen LogP contribution in [0.4, 0.5) is 0 Å². The van der Waals surface area contributed by atoms with Gasteiger partial charge in [0.05, 0.1) is 0 Å². The third-order valence-corrected chi connectivity index (χ3v) is 0.735. The fraction of sp³-hybridized carbons (Fsp3) is 0.333. The number of carbonyl (C=O) groups is 2. The van der Waals surface area contributed by atoms with Crippen molar-refractivity contribution in [1.29, 1.82) is 0 Å². The molecule has 0 aromatic carbocycles. The zero-order chi connectivity index (χ0) is 7.28. The van der Waals surface area contributed by atoms with Crippen molar-refractivity contribution in [2.75, 3.05) is 0 Å². The second-order valence-electron chi connectivity index (χ2n) is 1.43. The minimum Gasteiger partial charge on any atom is -0.476 e. The van der Waals surface area contributed by atoms with E-state index in [2.05, 4.69) is 5.92 Å². The van der Waals surface area contributed by atoms with Crippen molar-refractivity contribution in [3.63, 3.8) is 0 Å². The number of aliphatic carboxylic acids is 1. The smallest absolute Gasteiger partial charge is 0.372 e. The van der Waals surface area contributed by atoms with Crippen LogP contribution in [0.5, 0.6) is 0 Å². The summed E-state index contributed by atoms with van der Waals surface area (Å²) in [4.78, 5) is 20.0. The molecule has 3 heteroatoms. The predicted octanol–water partition coefficient (Wildman–Crippen LogP) is 0.0535. The first kappa shape index (κ1) is 7.70. The fourth-order valence-electron chi connectivity index (χ4n) is 0.293. The van der Waals surface area contributed by atoms with E-state index >= 15 is 0 Å². The number of hydrogen-bond donors (Lipinski definition) is 1. The molecule has 0 saturated carbocycles. The Bertz CT molecular complexity index is 164. The largest absolute Gasteiger partial charge is 0.476 e.